The summed E-state index contributed by atoms with van der Waals surface area (Å²) in [6, 6.07) is 14.9. The molecule has 0 aliphatic rings. The normalized spacial score (nSPS) is 12.2. The van der Waals surface area contributed by atoms with E-state index in [0.717, 1.165) is 11.1 Å². The molecular weight excluding hydrogens is 310 g/mol. The molecular formula is C19H22ClNO2. The van der Waals surface area contributed by atoms with Gasteiger partial charge in [-0.15, -0.1) is 0 Å². The Labute approximate surface area is 142 Å². The zero-order valence-electron chi connectivity index (χ0n) is 13.7. The molecule has 2 aromatic carbocycles. The summed E-state index contributed by atoms with van der Waals surface area (Å²) in [4.78, 5) is 12.3. The molecule has 0 aromatic heterocycles. The highest BCUT2D eigenvalue weighted by Gasteiger charge is 2.11. The highest BCUT2D eigenvalue weighted by atomic mass is 35.5. The summed E-state index contributed by atoms with van der Waals surface area (Å²) >= 11 is 5.88. The molecule has 23 heavy (non-hydrogen) atoms. The van der Waals surface area contributed by atoms with Gasteiger partial charge in [-0.3, -0.25) is 4.79 Å². The molecule has 3 nitrogen and oxygen atoms in total. The van der Waals surface area contributed by atoms with E-state index in [1.54, 1.807) is 0 Å². The van der Waals surface area contributed by atoms with Gasteiger partial charge in [0.25, 0.3) is 5.91 Å². The Morgan fingerprint density at radius 2 is 1.65 bits per heavy atom. The first-order valence-corrected chi connectivity index (χ1v) is 8.10. The van der Waals surface area contributed by atoms with Gasteiger partial charge in [-0.05, 0) is 56.2 Å². The van der Waals surface area contributed by atoms with E-state index < -0.39 is 0 Å². The SMILES string of the molecule is CC(C)OCc1ccc(C(=O)N[C@@H](C)c2ccc(Cl)cc2)cc1. The number of rotatable bonds is 6. The highest BCUT2D eigenvalue weighted by molar-refractivity contribution is 6.30. The third kappa shape index (κ3) is 5.38. The van der Waals surface area contributed by atoms with E-state index in [1.807, 2.05) is 69.3 Å². The van der Waals surface area contributed by atoms with E-state index in [9.17, 15) is 4.79 Å². The van der Waals surface area contributed by atoms with Crippen molar-refractivity contribution in [3.05, 3.63) is 70.2 Å². The Morgan fingerprint density at radius 3 is 2.22 bits per heavy atom. The van der Waals surface area contributed by atoms with Crippen LogP contribution in [0.2, 0.25) is 5.02 Å². The van der Waals surface area contributed by atoms with Crippen LogP contribution >= 0.6 is 11.6 Å². The number of carbonyl (C=O) groups excluding carboxylic acids is 1. The largest absolute Gasteiger partial charge is 0.374 e. The van der Waals surface area contributed by atoms with Crippen molar-refractivity contribution in [2.75, 3.05) is 0 Å². The van der Waals surface area contributed by atoms with Gasteiger partial charge in [0.15, 0.2) is 0 Å². The number of halogens is 1. The molecule has 0 saturated carbocycles. The van der Waals surface area contributed by atoms with Crippen LogP contribution in [0.25, 0.3) is 0 Å². The first-order chi connectivity index (χ1) is 11.0. The van der Waals surface area contributed by atoms with E-state index in [1.165, 1.54) is 0 Å². The Bertz CT molecular complexity index is 635. The molecule has 2 rings (SSSR count). The Kier molecular flexibility index (Phi) is 6.20. The molecule has 1 amide bonds. The van der Waals surface area contributed by atoms with Gasteiger partial charge in [0.1, 0.15) is 0 Å². The topological polar surface area (TPSA) is 38.3 Å². The Balaban J connectivity index is 1.96. The lowest BCUT2D eigenvalue weighted by Gasteiger charge is -2.15. The van der Waals surface area contributed by atoms with E-state index in [0.29, 0.717) is 17.2 Å². The lowest BCUT2D eigenvalue weighted by molar-refractivity contribution is 0.0656. The zero-order valence-corrected chi connectivity index (χ0v) is 14.4. The predicted molar refractivity (Wildman–Crippen MR) is 93.7 cm³/mol. The average Bonchev–Trinajstić information content (AvgIpc) is 2.54. The highest BCUT2D eigenvalue weighted by Crippen LogP contribution is 2.17. The van der Waals surface area contributed by atoms with Gasteiger partial charge < -0.3 is 10.1 Å². The van der Waals surface area contributed by atoms with Crippen LogP contribution in [-0.4, -0.2) is 12.0 Å². The van der Waals surface area contributed by atoms with E-state index in [-0.39, 0.29) is 18.1 Å². The number of ether oxygens (including phenoxy) is 1. The fourth-order valence-corrected chi connectivity index (χ4v) is 2.26. The maximum absolute atomic E-state index is 12.3. The van der Waals surface area contributed by atoms with Gasteiger partial charge in [0.2, 0.25) is 0 Å². The van der Waals surface area contributed by atoms with Crippen LogP contribution in [0.4, 0.5) is 0 Å². The molecule has 1 atom stereocenters. The molecule has 122 valence electrons. The molecule has 0 radical (unpaired) electrons. The third-order valence-electron chi connectivity index (χ3n) is 3.52. The number of amides is 1. The molecule has 0 heterocycles. The minimum absolute atomic E-state index is 0.0799. The molecule has 0 bridgehead atoms. The first kappa shape index (κ1) is 17.5. The molecule has 4 heteroatoms. The van der Waals surface area contributed by atoms with Crippen LogP contribution in [0.1, 0.15) is 48.3 Å². The van der Waals surface area contributed by atoms with Crippen molar-refractivity contribution in [1.82, 2.24) is 5.32 Å². The quantitative estimate of drug-likeness (QED) is 0.829. The maximum atomic E-state index is 12.3. The maximum Gasteiger partial charge on any atom is 0.251 e. The number of hydrogen-bond acceptors (Lipinski definition) is 2. The minimum Gasteiger partial charge on any atom is -0.374 e. The van der Waals surface area contributed by atoms with Crippen LogP contribution in [0.3, 0.4) is 0 Å². The number of nitrogens with one attached hydrogen (secondary N) is 1. The van der Waals surface area contributed by atoms with Crippen LogP contribution in [0.15, 0.2) is 48.5 Å². The summed E-state index contributed by atoms with van der Waals surface area (Å²) in [6.07, 6.45) is 0.193. The van der Waals surface area contributed by atoms with Crippen molar-refractivity contribution < 1.29 is 9.53 Å². The third-order valence-corrected chi connectivity index (χ3v) is 3.77. The lowest BCUT2D eigenvalue weighted by Crippen LogP contribution is -2.26. The summed E-state index contributed by atoms with van der Waals surface area (Å²) in [6.45, 7) is 6.51. The molecule has 0 aliphatic heterocycles. The van der Waals surface area contributed by atoms with Gasteiger partial charge >= 0.3 is 0 Å². The van der Waals surface area contributed by atoms with Gasteiger partial charge in [-0.1, -0.05) is 35.9 Å². The van der Waals surface area contributed by atoms with Gasteiger partial charge in [0.05, 0.1) is 18.8 Å². The summed E-state index contributed by atoms with van der Waals surface area (Å²) in [5.41, 5.74) is 2.71. The molecule has 2 aromatic rings. The fourth-order valence-electron chi connectivity index (χ4n) is 2.13. The molecule has 1 N–H and O–H groups in total. The van der Waals surface area contributed by atoms with Gasteiger partial charge in [-0.25, -0.2) is 0 Å². The fraction of sp³-hybridized carbons (Fsp3) is 0.316. The predicted octanol–water partition coefficient (Wildman–Crippen LogP) is 4.76. The molecule has 0 saturated heterocycles. The van der Waals surface area contributed by atoms with Crippen molar-refractivity contribution in [2.24, 2.45) is 0 Å². The summed E-state index contributed by atoms with van der Waals surface area (Å²) < 4.78 is 5.55. The number of carbonyl (C=O) groups is 1. The smallest absolute Gasteiger partial charge is 0.251 e. The van der Waals surface area contributed by atoms with Crippen LogP contribution in [-0.2, 0) is 11.3 Å². The molecule has 0 aliphatic carbocycles. The van der Waals surface area contributed by atoms with Crippen molar-refractivity contribution in [3.8, 4) is 0 Å². The van der Waals surface area contributed by atoms with Crippen molar-refractivity contribution in [1.29, 1.82) is 0 Å². The molecule has 0 fully saturated rings. The van der Waals surface area contributed by atoms with E-state index in [4.69, 9.17) is 16.3 Å². The standard InChI is InChI=1S/C19H22ClNO2/c1-13(2)23-12-15-4-6-17(7-5-15)19(22)21-14(3)16-8-10-18(20)11-9-16/h4-11,13-14H,12H2,1-3H3,(H,21,22)/t14-/m0/s1. The van der Waals surface area contributed by atoms with Crippen molar-refractivity contribution >= 4 is 17.5 Å². The van der Waals surface area contributed by atoms with E-state index in [2.05, 4.69) is 5.32 Å². The zero-order chi connectivity index (χ0) is 16.8. The molecule has 0 spiro atoms. The summed E-state index contributed by atoms with van der Waals surface area (Å²) in [5, 5.41) is 3.67. The number of benzene rings is 2. The minimum atomic E-state index is -0.0937. The lowest BCUT2D eigenvalue weighted by atomic mass is 10.1. The van der Waals surface area contributed by atoms with Crippen molar-refractivity contribution in [2.45, 2.75) is 39.5 Å². The van der Waals surface area contributed by atoms with Crippen LogP contribution in [0.5, 0.6) is 0 Å². The van der Waals surface area contributed by atoms with Gasteiger partial charge in [-0.2, -0.15) is 0 Å². The second-order valence-electron chi connectivity index (χ2n) is 5.80. The van der Waals surface area contributed by atoms with Gasteiger partial charge in [0, 0.05) is 10.6 Å². The van der Waals surface area contributed by atoms with Crippen LogP contribution in [0, 0.1) is 0 Å². The number of hydrogen-bond donors (Lipinski definition) is 1. The second-order valence-corrected chi connectivity index (χ2v) is 6.24. The van der Waals surface area contributed by atoms with Crippen molar-refractivity contribution in [3.63, 3.8) is 0 Å². The second kappa shape index (κ2) is 8.14. The monoisotopic (exact) mass is 331 g/mol. The Morgan fingerprint density at radius 1 is 1.04 bits per heavy atom. The Hall–Kier alpha value is -1.84. The molecule has 0 unspecified atom stereocenters. The first-order valence-electron chi connectivity index (χ1n) is 7.72. The summed E-state index contributed by atoms with van der Waals surface area (Å²) in [7, 11) is 0. The van der Waals surface area contributed by atoms with Crippen LogP contribution < -0.4 is 5.32 Å². The summed E-state index contributed by atoms with van der Waals surface area (Å²) in [5.74, 6) is -0.0937. The van der Waals surface area contributed by atoms with E-state index >= 15 is 0 Å². The average molecular weight is 332 g/mol.